The van der Waals surface area contributed by atoms with Gasteiger partial charge >= 0.3 is 6.18 Å². The smallest absolute Gasteiger partial charge is 0.346 e. The average molecular weight is 319 g/mol. The van der Waals surface area contributed by atoms with Crippen molar-refractivity contribution in [2.45, 2.75) is 12.1 Å². The number of amides is 1. The van der Waals surface area contributed by atoms with E-state index in [9.17, 15) is 26.7 Å². The fourth-order valence-corrected chi connectivity index (χ4v) is 1.19. The van der Waals surface area contributed by atoms with Crippen LogP contribution in [0.15, 0.2) is 24.3 Å². The molecule has 0 saturated heterocycles. The van der Waals surface area contributed by atoms with Gasteiger partial charge in [-0.1, -0.05) is 0 Å². The average Bonchev–Trinajstić information content (AvgIpc) is 2.35. The van der Waals surface area contributed by atoms with Gasteiger partial charge in [0.25, 0.3) is 11.8 Å². The van der Waals surface area contributed by atoms with Crippen LogP contribution in [-0.4, -0.2) is 24.9 Å². The maximum absolute atomic E-state index is 12.8. The van der Waals surface area contributed by atoms with Crippen LogP contribution < -0.4 is 11.1 Å². The summed E-state index contributed by atoms with van der Waals surface area (Å²) in [5, 5.41) is 1.90. The first-order valence-corrected chi connectivity index (χ1v) is 5.19. The molecular formula is C11H12ClF5N2O. The lowest BCUT2D eigenvalue weighted by Crippen LogP contribution is -2.41. The number of carbonyl (C=O) groups excluding carboxylic acids is 1. The van der Waals surface area contributed by atoms with Crippen LogP contribution in [0.25, 0.3) is 0 Å². The van der Waals surface area contributed by atoms with Crippen molar-refractivity contribution in [2.24, 2.45) is 5.73 Å². The van der Waals surface area contributed by atoms with E-state index >= 15 is 0 Å². The number of nitrogens with two attached hydrogens (primary N) is 1. The Balaban J connectivity index is 0.00000361. The molecule has 0 saturated carbocycles. The van der Waals surface area contributed by atoms with Crippen molar-refractivity contribution in [2.75, 3.05) is 13.1 Å². The quantitative estimate of drug-likeness (QED) is 0.838. The van der Waals surface area contributed by atoms with Gasteiger partial charge in [-0.05, 0) is 24.3 Å². The highest BCUT2D eigenvalue weighted by molar-refractivity contribution is 5.94. The molecule has 0 radical (unpaired) electrons. The fraction of sp³-hybridized carbons (Fsp3) is 0.364. The number of hydrogen-bond acceptors (Lipinski definition) is 2. The molecule has 0 bridgehead atoms. The lowest BCUT2D eigenvalue weighted by atomic mass is 10.1. The molecule has 0 atom stereocenters. The summed E-state index contributed by atoms with van der Waals surface area (Å²) in [6, 6.07) is 3.24. The Hall–Kier alpha value is -1.41. The summed E-state index contributed by atoms with van der Waals surface area (Å²) >= 11 is 0. The standard InChI is InChI=1S/C11H11F5N2O.ClH/c12-10(13,5-17)6-18-9(19)7-1-3-8(4-2-7)11(14,15)16;/h1-4H,5-6,17H2,(H,18,19);1H. The molecule has 3 nitrogen and oxygen atoms in total. The lowest BCUT2D eigenvalue weighted by Gasteiger charge is -2.14. The lowest BCUT2D eigenvalue weighted by molar-refractivity contribution is -0.137. The Kier molecular flexibility index (Phi) is 6.36. The van der Waals surface area contributed by atoms with Gasteiger partial charge in [0, 0.05) is 5.56 Å². The molecule has 1 rings (SSSR count). The zero-order valence-electron chi connectivity index (χ0n) is 10.0. The predicted octanol–water partition coefficient (Wildman–Crippen LogP) is 2.45. The number of carbonyl (C=O) groups is 1. The van der Waals surface area contributed by atoms with E-state index in [1.165, 1.54) is 0 Å². The highest BCUT2D eigenvalue weighted by atomic mass is 35.5. The first-order chi connectivity index (χ1) is 8.65. The van der Waals surface area contributed by atoms with E-state index in [0.717, 1.165) is 12.1 Å². The molecule has 0 spiro atoms. The molecule has 1 aromatic carbocycles. The third-order valence-corrected chi connectivity index (χ3v) is 2.28. The zero-order chi connectivity index (χ0) is 14.7. The second-order valence-electron chi connectivity index (χ2n) is 3.82. The number of halogens is 6. The van der Waals surface area contributed by atoms with Gasteiger partial charge in [0.1, 0.15) is 0 Å². The van der Waals surface area contributed by atoms with Crippen LogP contribution in [0, 0.1) is 0 Å². The molecule has 114 valence electrons. The molecule has 0 heterocycles. The third-order valence-electron chi connectivity index (χ3n) is 2.28. The van der Waals surface area contributed by atoms with E-state index in [1.54, 1.807) is 0 Å². The Morgan fingerprint density at radius 1 is 1.10 bits per heavy atom. The van der Waals surface area contributed by atoms with Crippen molar-refractivity contribution in [1.82, 2.24) is 5.32 Å². The summed E-state index contributed by atoms with van der Waals surface area (Å²) in [5.74, 6) is -4.14. The van der Waals surface area contributed by atoms with E-state index < -0.39 is 36.7 Å². The number of hydrogen-bond donors (Lipinski definition) is 2. The van der Waals surface area contributed by atoms with Crippen molar-refractivity contribution in [1.29, 1.82) is 0 Å². The van der Waals surface area contributed by atoms with E-state index in [1.807, 2.05) is 5.32 Å². The van der Waals surface area contributed by atoms with Crippen molar-refractivity contribution >= 4 is 18.3 Å². The molecule has 1 amide bonds. The van der Waals surface area contributed by atoms with Crippen LogP contribution in [0.5, 0.6) is 0 Å². The fourth-order valence-electron chi connectivity index (χ4n) is 1.19. The molecule has 0 aliphatic rings. The first kappa shape index (κ1) is 18.6. The van der Waals surface area contributed by atoms with E-state index in [0.29, 0.717) is 12.1 Å². The van der Waals surface area contributed by atoms with Gasteiger partial charge in [-0.2, -0.15) is 13.2 Å². The van der Waals surface area contributed by atoms with E-state index in [-0.39, 0.29) is 18.0 Å². The topological polar surface area (TPSA) is 55.1 Å². The van der Waals surface area contributed by atoms with Gasteiger partial charge in [-0.25, -0.2) is 8.78 Å². The Morgan fingerprint density at radius 2 is 1.60 bits per heavy atom. The van der Waals surface area contributed by atoms with Crippen LogP contribution >= 0.6 is 12.4 Å². The summed E-state index contributed by atoms with van der Waals surface area (Å²) in [6.07, 6.45) is -4.51. The Labute approximate surface area is 117 Å². The van der Waals surface area contributed by atoms with E-state index in [4.69, 9.17) is 5.73 Å². The van der Waals surface area contributed by atoms with Crippen LogP contribution in [0.1, 0.15) is 15.9 Å². The highest BCUT2D eigenvalue weighted by Crippen LogP contribution is 2.29. The van der Waals surface area contributed by atoms with Crippen LogP contribution in [0.4, 0.5) is 22.0 Å². The van der Waals surface area contributed by atoms with Gasteiger partial charge in [0.2, 0.25) is 0 Å². The molecule has 20 heavy (non-hydrogen) atoms. The SMILES string of the molecule is Cl.NCC(F)(F)CNC(=O)c1ccc(C(F)(F)F)cc1. The van der Waals surface area contributed by atoms with Gasteiger partial charge in [0.05, 0.1) is 18.7 Å². The second-order valence-corrected chi connectivity index (χ2v) is 3.82. The normalized spacial score (nSPS) is 11.7. The maximum atomic E-state index is 12.8. The number of benzene rings is 1. The molecule has 1 aromatic rings. The minimum Gasteiger partial charge on any atom is -0.346 e. The summed E-state index contributed by atoms with van der Waals surface area (Å²) < 4.78 is 62.3. The van der Waals surface area contributed by atoms with Crippen LogP contribution in [-0.2, 0) is 6.18 Å². The minimum atomic E-state index is -4.51. The molecule has 0 aromatic heterocycles. The molecule has 0 fully saturated rings. The molecule has 0 aliphatic heterocycles. The van der Waals surface area contributed by atoms with Gasteiger partial charge in [-0.3, -0.25) is 4.79 Å². The van der Waals surface area contributed by atoms with Crippen molar-refractivity contribution in [3.05, 3.63) is 35.4 Å². The third kappa shape index (κ3) is 5.30. The molecular weight excluding hydrogens is 307 g/mol. The summed E-state index contributed by atoms with van der Waals surface area (Å²) in [6.45, 7) is -1.90. The largest absolute Gasteiger partial charge is 0.416 e. The van der Waals surface area contributed by atoms with Crippen molar-refractivity contribution in [3.63, 3.8) is 0 Å². The summed E-state index contributed by atoms with van der Waals surface area (Å²) in [5.41, 5.74) is 3.71. The van der Waals surface area contributed by atoms with Crippen LogP contribution in [0.3, 0.4) is 0 Å². The maximum Gasteiger partial charge on any atom is 0.416 e. The number of rotatable bonds is 4. The Bertz CT molecular complexity index is 447. The second kappa shape index (κ2) is 6.85. The monoisotopic (exact) mass is 318 g/mol. The van der Waals surface area contributed by atoms with Crippen molar-refractivity contribution < 1.29 is 26.7 Å². The number of alkyl halides is 5. The first-order valence-electron chi connectivity index (χ1n) is 5.19. The zero-order valence-corrected chi connectivity index (χ0v) is 10.8. The molecule has 0 unspecified atom stereocenters. The molecule has 0 aliphatic carbocycles. The van der Waals surface area contributed by atoms with Crippen LogP contribution in [0.2, 0.25) is 0 Å². The summed E-state index contributed by atoms with van der Waals surface area (Å²) in [4.78, 5) is 11.4. The predicted molar refractivity (Wildman–Crippen MR) is 65.0 cm³/mol. The highest BCUT2D eigenvalue weighted by Gasteiger charge is 2.30. The van der Waals surface area contributed by atoms with Gasteiger partial charge in [-0.15, -0.1) is 12.4 Å². The number of nitrogens with one attached hydrogen (secondary N) is 1. The van der Waals surface area contributed by atoms with Gasteiger partial charge in [0.15, 0.2) is 0 Å². The van der Waals surface area contributed by atoms with Crippen molar-refractivity contribution in [3.8, 4) is 0 Å². The van der Waals surface area contributed by atoms with E-state index in [2.05, 4.69) is 0 Å². The summed E-state index contributed by atoms with van der Waals surface area (Å²) in [7, 11) is 0. The minimum absolute atomic E-state index is 0. The molecule has 3 N–H and O–H groups in total. The Morgan fingerprint density at radius 3 is 2.00 bits per heavy atom. The molecule has 9 heteroatoms. The van der Waals surface area contributed by atoms with Gasteiger partial charge < -0.3 is 11.1 Å².